The molecule has 11 rings (SSSR count). The number of piperidine rings is 1. The number of rotatable bonds is 2. The number of Topliss-reactive ketones (excluding diaryl/α,β-unsaturated/α-hetero) is 2. The van der Waals surface area contributed by atoms with Crippen LogP contribution in [0.3, 0.4) is 0 Å². The van der Waals surface area contributed by atoms with Crippen molar-refractivity contribution in [2.75, 3.05) is 13.1 Å². The molecule has 13 heteroatoms. The monoisotopic (exact) mass is 784 g/mol. The molecule has 0 radical (unpaired) electrons. The Balaban J connectivity index is 0.000000119. The van der Waals surface area contributed by atoms with E-state index in [4.69, 9.17) is 0 Å². The van der Waals surface area contributed by atoms with Crippen LogP contribution in [0.4, 0.5) is 0 Å². The van der Waals surface area contributed by atoms with Crippen LogP contribution in [0, 0.1) is 5.41 Å². The molecular weight excluding hydrogens is 748 g/mol. The summed E-state index contributed by atoms with van der Waals surface area (Å²) < 4.78 is 0. The maximum atomic E-state index is 12.6. The molecule has 12 nitrogen and oxygen atoms in total. The van der Waals surface area contributed by atoms with Crippen LogP contribution >= 0.6 is 15.9 Å². The number of nitrogens with zero attached hydrogens (tertiary/aromatic N) is 5. The van der Waals surface area contributed by atoms with Gasteiger partial charge in [0.1, 0.15) is 11.5 Å². The van der Waals surface area contributed by atoms with E-state index in [9.17, 15) is 19.2 Å². The Hall–Kier alpha value is -5.43. The number of carbonyl (C=O) groups is 4. The summed E-state index contributed by atoms with van der Waals surface area (Å²) >= 11 is 3.38. The molecule has 5 aromatic heterocycles. The Morgan fingerprint density at radius 3 is 2.20 bits per heavy atom. The summed E-state index contributed by atoms with van der Waals surface area (Å²) in [6, 6.07) is 9.80. The van der Waals surface area contributed by atoms with Crippen molar-refractivity contribution in [3.05, 3.63) is 101 Å². The van der Waals surface area contributed by atoms with E-state index in [1.54, 1.807) is 24.8 Å². The smallest absolute Gasteiger partial charge is 0.253 e. The topological polar surface area (TPSA) is 173 Å². The number of ketones is 2. The van der Waals surface area contributed by atoms with Gasteiger partial charge in [-0.25, -0.2) is 9.97 Å². The largest absolute Gasteiger partial charge is 0.357 e. The zero-order chi connectivity index (χ0) is 37.0. The lowest BCUT2D eigenvalue weighted by Gasteiger charge is -2.23. The molecule has 272 valence electrons. The maximum Gasteiger partial charge on any atom is 0.253 e. The van der Waals surface area contributed by atoms with Crippen molar-refractivity contribution in [3.63, 3.8) is 0 Å². The molecule has 6 aliphatic rings. The number of amides is 2. The Morgan fingerprint density at radius 1 is 0.778 bits per heavy atom. The van der Waals surface area contributed by atoms with E-state index in [0.29, 0.717) is 18.1 Å². The Labute approximate surface area is 319 Å². The number of aryl methyl sites for hydroxylation is 2. The van der Waals surface area contributed by atoms with Gasteiger partial charge in [-0.3, -0.25) is 34.1 Å². The van der Waals surface area contributed by atoms with Crippen molar-refractivity contribution in [1.82, 2.24) is 40.5 Å². The van der Waals surface area contributed by atoms with E-state index >= 15 is 0 Å². The van der Waals surface area contributed by atoms with Crippen LogP contribution in [-0.4, -0.2) is 71.2 Å². The van der Waals surface area contributed by atoms with Gasteiger partial charge in [0.2, 0.25) is 5.91 Å². The summed E-state index contributed by atoms with van der Waals surface area (Å²) in [5.74, 6) is 0.722. The van der Waals surface area contributed by atoms with E-state index < -0.39 is 0 Å². The van der Waals surface area contributed by atoms with E-state index in [1.165, 1.54) is 22.4 Å². The highest BCUT2D eigenvalue weighted by molar-refractivity contribution is 9.10. The molecule has 3 N–H and O–H groups in total. The number of alkyl halides is 1. The van der Waals surface area contributed by atoms with Crippen LogP contribution in [-0.2, 0) is 34.3 Å². The zero-order valence-electron chi connectivity index (χ0n) is 29.5. The standard InChI is InChI=1S/C21H18N4O.C13H10BrN3O.C7H9NO2/c26-20-17-14-4-3-12-10-23-16(13-2-1-7-22-9-13)8-15(12)18(14)25-19(17)21(5-6-21)11-24-20;14-10-4-3-8-7-16-13(17-11(8)12(10)18)9-2-1-5-15-6-9;9-5-3-6(10)8-4-7(5)1-2-7/h1-2,7-10,25H,3-6,11H2,(H,24,26);1-2,5-7,10H,3-4H2;1-4H2,(H,8,10). The van der Waals surface area contributed by atoms with Gasteiger partial charge in [-0.1, -0.05) is 15.9 Å². The lowest BCUT2D eigenvalue weighted by atomic mass is 9.86. The Kier molecular flexibility index (Phi) is 8.56. The number of aromatic amines is 1. The molecule has 1 saturated heterocycles. The molecule has 2 aliphatic heterocycles. The number of carbonyl (C=O) groups excluding carboxylic acids is 4. The fourth-order valence-electron chi connectivity index (χ4n) is 7.89. The first-order valence-corrected chi connectivity index (χ1v) is 19.3. The highest BCUT2D eigenvalue weighted by Crippen LogP contribution is 2.53. The summed E-state index contributed by atoms with van der Waals surface area (Å²) in [6.07, 6.45) is 18.6. The molecule has 5 aromatic rings. The third-order valence-corrected chi connectivity index (χ3v) is 12.4. The molecule has 4 aliphatic carbocycles. The SMILES string of the molecule is O=C1CC(=O)C2(CC2)CN1.O=C1NCC2(CC2)c2[nH]c3c(c21)CCc1cnc(-c2cccnc2)cc1-3.O=C1c2nc(-c3cccnc3)ncc2CCC1Br. The third kappa shape index (κ3) is 6.23. The normalized spacial score (nSPS) is 20.4. The minimum absolute atomic E-state index is 0.0452. The summed E-state index contributed by atoms with van der Waals surface area (Å²) in [5.41, 5.74) is 11.1. The number of aromatic nitrogens is 6. The van der Waals surface area contributed by atoms with Crippen molar-refractivity contribution in [1.29, 1.82) is 0 Å². The maximum absolute atomic E-state index is 12.6. The number of hydrogen-bond donors (Lipinski definition) is 3. The number of halogens is 1. The number of H-pyrrole nitrogens is 1. The highest BCUT2D eigenvalue weighted by atomic mass is 79.9. The fourth-order valence-corrected chi connectivity index (χ4v) is 8.33. The number of nitrogens with one attached hydrogen (secondary N) is 3. The first-order valence-electron chi connectivity index (χ1n) is 18.4. The average Bonchev–Trinajstić information content (AvgIpc) is 4.14. The molecule has 54 heavy (non-hydrogen) atoms. The molecule has 2 amide bonds. The zero-order valence-corrected chi connectivity index (χ0v) is 31.0. The minimum Gasteiger partial charge on any atom is -0.357 e. The minimum atomic E-state index is -0.123. The lowest BCUT2D eigenvalue weighted by Crippen LogP contribution is -2.42. The fraction of sp³-hybridized carbons (Fsp3) is 0.341. The predicted molar refractivity (Wildman–Crippen MR) is 203 cm³/mol. The van der Waals surface area contributed by atoms with Crippen molar-refractivity contribution < 1.29 is 19.2 Å². The summed E-state index contributed by atoms with van der Waals surface area (Å²) in [4.78, 5) is 71.5. The van der Waals surface area contributed by atoms with Crippen LogP contribution in [0.5, 0.6) is 0 Å². The number of pyridine rings is 3. The molecule has 3 fully saturated rings. The van der Waals surface area contributed by atoms with Gasteiger partial charge in [-0.05, 0) is 98.4 Å². The quantitative estimate of drug-likeness (QED) is 0.159. The van der Waals surface area contributed by atoms with Gasteiger partial charge in [-0.2, -0.15) is 0 Å². The van der Waals surface area contributed by atoms with E-state index in [2.05, 4.69) is 62.5 Å². The average molecular weight is 786 g/mol. The van der Waals surface area contributed by atoms with Crippen LogP contribution in [0.1, 0.15) is 81.8 Å². The molecule has 7 heterocycles. The summed E-state index contributed by atoms with van der Waals surface area (Å²) in [7, 11) is 0. The van der Waals surface area contributed by atoms with Gasteiger partial charge < -0.3 is 15.6 Å². The van der Waals surface area contributed by atoms with Gasteiger partial charge in [0.05, 0.1) is 28.2 Å². The van der Waals surface area contributed by atoms with E-state index in [1.807, 2.05) is 36.7 Å². The van der Waals surface area contributed by atoms with Crippen molar-refractivity contribution in [3.8, 4) is 33.9 Å². The molecule has 0 bridgehead atoms. The number of hydrogen-bond acceptors (Lipinski definition) is 9. The van der Waals surface area contributed by atoms with Crippen LogP contribution in [0.25, 0.3) is 33.9 Å². The first-order chi connectivity index (χ1) is 26.2. The molecule has 0 aromatic carbocycles. The Morgan fingerprint density at radius 2 is 1.50 bits per heavy atom. The third-order valence-electron chi connectivity index (χ3n) is 11.5. The van der Waals surface area contributed by atoms with E-state index in [0.717, 1.165) is 91.6 Å². The van der Waals surface area contributed by atoms with E-state index in [-0.39, 0.29) is 45.5 Å². The molecule has 2 spiro atoms. The predicted octanol–water partition coefficient (Wildman–Crippen LogP) is 5.30. The lowest BCUT2D eigenvalue weighted by molar-refractivity contribution is -0.134. The highest BCUT2D eigenvalue weighted by Gasteiger charge is 2.52. The molecular formula is C41H37BrN8O4. The second kappa shape index (κ2) is 13.5. The molecule has 1 atom stereocenters. The van der Waals surface area contributed by atoms with Crippen molar-refractivity contribution in [2.24, 2.45) is 5.41 Å². The number of fused-ring (bicyclic) bond motifs is 7. The van der Waals surface area contributed by atoms with Gasteiger partial charge in [0.15, 0.2) is 11.6 Å². The van der Waals surface area contributed by atoms with Gasteiger partial charge in [-0.15, -0.1) is 0 Å². The van der Waals surface area contributed by atoms with Crippen LogP contribution in [0.2, 0.25) is 0 Å². The van der Waals surface area contributed by atoms with Crippen molar-refractivity contribution >= 4 is 39.3 Å². The second-order valence-corrected chi connectivity index (χ2v) is 16.1. The summed E-state index contributed by atoms with van der Waals surface area (Å²) in [6.45, 7) is 1.35. The van der Waals surface area contributed by atoms with Gasteiger partial charge in [0, 0.05) is 83.5 Å². The van der Waals surface area contributed by atoms with Gasteiger partial charge in [0.25, 0.3) is 5.91 Å². The second-order valence-electron chi connectivity index (χ2n) is 15.0. The Bertz CT molecular complexity index is 2340. The van der Waals surface area contributed by atoms with Crippen molar-refractivity contribution in [2.45, 2.75) is 68.0 Å². The van der Waals surface area contributed by atoms with Gasteiger partial charge >= 0.3 is 0 Å². The first kappa shape index (κ1) is 34.3. The van der Waals surface area contributed by atoms with Crippen LogP contribution < -0.4 is 10.6 Å². The molecule has 1 unspecified atom stereocenters. The van der Waals surface area contributed by atoms with Crippen LogP contribution in [0.15, 0.2) is 67.5 Å². The molecule has 2 saturated carbocycles. The summed E-state index contributed by atoms with van der Waals surface area (Å²) in [5, 5.41) is 5.81.